The zero-order valence-corrected chi connectivity index (χ0v) is 16.5. The molecule has 1 saturated carbocycles. The average molecular weight is 370 g/mol. The van der Waals surface area contributed by atoms with E-state index in [1.54, 1.807) is 0 Å². The molecule has 0 aromatic heterocycles. The van der Waals surface area contributed by atoms with Crippen molar-refractivity contribution in [3.05, 3.63) is 60.2 Å². The van der Waals surface area contributed by atoms with Crippen molar-refractivity contribution in [3.63, 3.8) is 0 Å². The molecule has 0 saturated heterocycles. The maximum absolute atomic E-state index is 12.4. The lowest BCUT2D eigenvalue weighted by Crippen LogP contribution is -2.34. The van der Waals surface area contributed by atoms with Gasteiger partial charge in [0, 0.05) is 16.6 Å². The van der Waals surface area contributed by atoms with Crippen LogP contribution in [-0.4, -0.2) is 17.1 Å². The van der Waals surface area contributed by atoms with Gasteiger partial charge in [-0.15, -0.1) is 11.8 Å². The number of para-hydroxylation sites is 1. The van der Waals surface area contributed by atoms with Crippen molar-refractivity contribution in [3.8, 4) is 0 Å². The standard InChI is InChI=1S/C22H27NO2S/c1-22(2,3)16-9-11-18(12-10-16)26-19-13-14-21(20(24)15-19)25-23-17-7-5-4-6-8-17/h4-12,19,21,23H,13-15H2,1-3H3/t19?,21-/m1/s1. The highest BCUT2D eigenvalue weighted by Crippen LogP contribution is 2.34. The number of benzene rings is 2. The van der Waals surface area contributed by atoms with E-state index in [0.29, 0.717) is 11.7 Å². The van der Waals surface area contributed by atoms with E-state index < -0.39 is 0 Å². The minimum absolute atomic E-state index is 0.167. The second-order valence-corrected chi connectivity index (χ2v) is 9.21. The number of hydrogen-bond acceptors (Lipinski definition) is 4. The predicted octanol–water partition coefficient (Wildman–Crippen LogP) is 5.61. The van der Waals surface area contributed by atoms with Crippen LogP contribution in [0, 0.1) is 0 Å². The molecule has 138 valence electrons. The Hall–Kier alpha value is -1.78. The van der Waals surface area contributed by atoms with Crippen LogP contribution in [0.25, 0.3) is 0 Å². The molecule has 3 nitrogen and oxygen atoms in total. The summed E-state index contributed by atoms with van der Waals surface area (Å²) in [5, 5.41) is 0.333. The number of rotatable bonds is 5. The fraction of sp³-hybridized carbons (Fsp3) is 0.409. The maximum atomic E-state index is 12.4. The lowest BCUT2D eigenvalue weighted by atomic mass is 9.87. The van der Waals surface area contributed by atoms with E-state index in [0.717, 1.165) is 18.5 Å². The van der Waals surface area contributed by atoms with Gasteiger partial charge in [-0.1, -0.05) is 51.1 Å². The summed E-state index contributed by atoms with van der Waals surface area (Å²) in [5.74, 6) is 0.184. The summed E-state index contributed by atoms with van der Waals surface area (Å²) in [6.45, 7) is 6.66. The van der Waals surface area contributed by atoms with Crippen LogP contribution in [0.5, 0.6) is 0 Å². The molecule has 1 aliphatic rings. The molecule has 1 unspecified atom stereocenters. The lowest BCUT2D eigenvalue weighted by Gasteiger charge is -2.27. The lowest BCUT2D eigenvalue weighted by molar-refractivity contribution is -0.130. The number of nitrogens with one attached hydrogen (secondary N) is 1. The van der Waals surface area contributed by atoms with E-state index in [4.69, 9.17) is 4.84 Å². The largest absolute Gasteiger partial charge is 0.297 e. The van der Waals surface area contributed by atoms with Crippen molar-refractivity contribution in [1.82, 2.24) is 0 Å². The first-order valence-corrected chi connectivity index (χ1v) is 10.1. The first-order valence-electron chi connectivity index (χ1n) is 9.18. The van der Waals surface area contributed by atoms with Gasteiger partial charge in [-0.3, -0.25) is 15.1 Å². The quantitative estimate of drug-likeness (QED) is 0.695. The molecule has 0 radical (unpaired) electrons. The van der Waals surface area contributed by atoms with Gasteiger partial charge in [-0.25, -0.2) is 0 Å². The van der Waals surface area contributed by atoms with Crippen LogP contribution in [0.1, 0.15) is 45.6 Å². The fourth-order valence-electron chi connectivity index (χ4n) is 3.05. The van der Waals surface area contributed by atoms with Crippen LogP contribution in [0.2, 0.25) is 0 Å². The Bertz CT molecular complexity index is 722. The molecule has 1 aliphatic carbocycles. The van der Waals surface area contributed by atoms with E-state index >= 15 is 0 Å². The molecule has 4 heteroatoms. The van der Waals surface area contributed by atoms with Gasteiger partial charge in [-0.05, 0) is 48.1 Å². The summed E-state index contributed by atoms with van der Waals surface area (Å²) in [5.41, 5.74) is 5.28. The molecule has 1 fully saturated rings. The highest BCUT2D eigenvalue weighted by molar-refractivity contribution is 8.00. The second kappa shape index (κ2) is 8.28. The van der Waals surface area contributed by atoms with Gasteiger partial charge in [0.05, 0.1) is 5.69 Å². The van der Waals surface area contributed by atoms with E-state index in [-0.39, 0.29) is 17.3 Å². The minimum Gasteiger partial charge on any atom is -0.297 e. The van der Waals surface area contributed by atoms with Crippen molar-refractivity contribution in [2.45, 2.75) is 61.7 Å². The van der Waals surface area contributed by atoms with Gasteiger partial charge < -0.3 is 0 Å². The third kappa shape index (κ3) is 5.12. The number of ketones is 1. The van der Waals surface area contributed by atoms with Crippen molar-refractivity contribution >= 4 is 23.2 Å². The van der Waals surface area contributed by atoms with Crippen LogP contribution >= 0.6 is 11.8 Å². The molecular formula is C22H27NO2S. The van der Waals surface area contributed by atoms with Gasteiger partial charge in [0.2, 0.25) is 0 Å². The fourth-order valence-corrected chi connectivity index (χ4v) is 4.23. The number of hydrogen-bond donors (Lipinski definition) is 1. The molecule has 3 rings (SSSR count). The van der Waals surface area contributed by atoms with Crippen molar-refractivity contribution < 1.29 is 9.63 Å². The molecule has 0 bridgehead atoms. The Labute approximate surface area is 160 Å². The Morgan fingerprint density at radius 1 is 1.00 bits per heavy atom. The summed E-state index contributed by atoms with van der Waals surface area (Å²) < 4.78 is 0. The molecule has 0 spiro atoms. The Morgan fingerprint density at radius 2 is 1.69 bits per heavy atom. The summed E-state index contributed by atoms with van der Waals surface area (Å²) in [6.07, 6.45) is 1.96. The zero-order chi connectivity index (χ0) is 18.6. The highest BCUT2D eigenvalue weighted by atomic mass is 32.2. The van der Waals surface area contributed by atoms with Crippen LogP contribution in [0.3, 0.4) is 0 Å². The number of Topliss-reactive ketones (excluding diaryl/α,β-unsaturated/α-hetero) is 1. The second-order valence-electron chi connectivity index (χ2n) is 7.84. The zero-order valence-electron chi connectivity index (χ0n) is 15.7. The summed E-state index contributed by atoms with van der Waals surface area (Å²) >= 11 is 1.81. The monoisotopic (exact) mass is 369 g/mol. The van der Waals surface area contributed by atoms with Crippen molar-refractivity contribution in [2.75, 3.05) is 5.48 Å². The Kier molecular flexibility index (Phi) is 6.05. The summed E-state index contributed by atoms with van der Waals surface area (Å²) in [7, 11) is 0. The van der Waals surface area contributed by atoms with Gasteiger partial charge in [0.15, 0.2) is 5.78 Å². The molecule has 2 atom stereocenters. The number of carbonyl (C=O) groups is 1. The minimum atomic E-state index is -0.352. The molecular weight excluding hydrogens is 342 g/mol. The van der Waals surface area contributed by atoms with Crippen LogP contribution in [-0.2, 0) is 15.0 Å². The van der Waals surface area contributed by atoms with Gasteiger partial charge in [-0.2, -0.15) is 0 Å². The van der Waals surface area contributed by atoms with Crippen molar-refractivity contribution in [2.24, 2.45) is 0 Å². The van der Waals surface area contributed by atoms with E-state index in [1.165, 1.54) is 10.5 Å². The van der Waals surface area contributed by atoms with Gasteiger partial charge in [0.25, 0.3) is 0 Å². The highest BCUT2D eigenvalue weighted by Gasteiger charge is 2.30. The predicted molar refractivity (Wildman–Crippen MR) is 109 cm³/mol. The molecule has 0 heterocycles. The van der Waals surface area contributed by atoms with Crippen LogP contribution in [0.15, 0.2) is 59.5 Å². The average Bonchev–Trinajstić information content (AvgIpc) is 2.62. The topological polar surface area (TPSA) is 38.3 Å². The van der Waals surface area contributed by atoms with Crippen LogP contribution in [0.4, 0.5) is 5.69 Å². The van der Waals surface area contributed by atoms with E-state index in [2.05, 4.69) is 50.5 Å². The van der Waals surface area contributed by atoms with Gasteiger partial charge in [0.1, 0.15) is 6.10 Å². The normalized spacial score (nSPS) is 20.8. The van der Waals surface area contributed by atoms with E-state index in [1.807, 2.05) is 42.1 Å². The van der Waals surface area contributed by atoms with Gasteiger partial charge >= 0.3 is 0 Å². The first kappa shape index (κ1) is 19.0. The van der Waals surface area contributed by atoms with E-state index in [9.17, 15) is 4.79 Å². The molecule has 0 amide bonds. The third-order valence-electron chi connectivity index (χ3n) is 4.65. The number of carbonyl (C=O) groups excluding carboxylic acids is 1. The Morgan fingerprint density at radius 3 is 2.31 bits per heavy atom. The first-order chi connectivity index (χ1) is 12.4. The molecule has 0 aliphatic heterocycles. The van der Waals surface area contributed by atoms with Crippen molar-refractivity contribution in [1.29, 1.82) is 0 Å². The summed E-state index contributed by atoms with van der Waals surface area (Å²) in [6, 6.07) is 18.4. The third-order valence-corrected chi connectivity index (χ3v) is 5.93. The maximum Gasteiger partial charge on any atom is 0.165 e. The molecule has 26 heavy (non-hydrogen) atoms. The molecule has 2 aromatic carbocycles. The molecule has 2 aromatic rings. The Balaban J connectivity index is 1.50. The smallest absolute Gasteiger partial charge is 0.165 e. The molecule has 1 N–H and O–H groups in total. The van der Waals surface area contributed by atoms with Crippen LogP contribution < -0.4 is 5.48 Å². The number of anilines is 1. The SMILES string of the molecule is CC(C)(C)c1ccc(SC2CC[C@@H](ONc3ccccc3)C(=O)C2)cc1. The number of thioether (sulfide) groups is 1. The summed E-state index contributed by atoms with van der Waals surface area (Å²) in [4.78, 5) is 19.3.